The van der Waals surface area contributed by atoms with Crippen LogP contribution in [-0.2, 0) is 14.3 Å². The van der Waals surface area contributed by atoms with Crippen LogP contribution in [0.15, 0.2) is 11.3 Å². The number of carbonyl (C=O) groups excluding carboxylic acids is 2. The number of rotatable bonds is 1. The number of aliphatic hydroxyl groups excluding tert-OH is 1. The van der Waals surface area contributed by atoms with Gasteiger partial charge in [0.1, 0.15) is 0 Å². The van der Waals surface area contributed by atoms with Gasteiger partial charge in [0, 0.05) is 0 Å². The predicted octanol–water partition coefficient (Wildman–Crippen LogP) is 0.333. The monoisotopic (exact) mass is 156 g/mol. The molecule has 0 saturated heterocycles. The molecule has 0 bridgehead atoms. The van der Waals surface area contributed by atoms with Gasteiger partial charge in [-0.25, -0.2) is 4.79 Å². The van der Waals surface area contributed by atoms with Gasteiger partial charge in [0.25, 0.3) is 0 Å². The summed E-state index contributed by atoms with van der Waals surface area (Å²) in [5.41, 5.74) is -1.36. The zero-order valence-electron chi connectivity index (χ0n) is 6.25. The molecular formula is C7H8O4. The van der Waals surface area contributed by atoms with E-state index in [-0.39, 0.29) is 11.3 Å². The van der Waals surface area contributed by atoms with E-state index in [9.17, 15) is 14.7 Å². The summed E-state index contributed by atoms with van der Waals surface area (Å²) in [7, 11) is 0. The van der Waals surface area contributed by atoms with Crippen molar-refractivity contribution in [1.82, 2.24) is 0 Å². The van der Waals surface area contributed by atoms with Gasteiger partial charge in [-0.05, 0) is 13.8 Å². The second-order valence-electron chi connectivity index (χ2n) is 2.59. The first kappa shape index (κ1) is 7.78. The Kier molecular flexibility index (Phi) is 1.47. The van der Waals surface area contributed by atoms with Gasteiger partial charge in [-0.2, -0.15) is 0 Å². The lowest BCUT2D eigenvalue weighted by atomic mass is 10.1. The molecule has 1 aliphatic heterocycles. The zero-order chi connectivity index (χ0) is 8.65. The summed E-state index contributed by atoms with van der Waals surface area (Å²) in [5.74, 6) is -0.936. The molecule has 0 amide bonds. The van der Waals surface area contributed by atoms with E-state index in [1.807, 2.05) is 0 Å². The van der Waals surface area contributed by atoms with Crippen LogP contribution in [-0.4, -0.2) is 23.0 Å². The SMILES string of the molecule is CC1=C(O)[C@](C)(C=O)OC1=O. The van der Waals surface area contributed by atoms with Crippen LogP contribution < -0.4 is 0 Å². The molecule has 0 aromatic rings. The molecule has 60 valence electrons. The maximum Gasteiger partial charge on any atom is 0.338 e. The molecule has 1 aliphatic rings. The summed E-state index contributed by atoms with van der Waals surface area (Å²) < 4.78 is 4.59. The van der Waals surface area contributed by atoms with Gasteiger partial charge >= 0.3 is 5.97 Å². The fourth-order valence-corrected chi connectivity index (χ4v) is 0.866. The molecule has 0 aliphatic carbocycles. The smallest absolute Gasteiger partial charge is 0.338 e. The van der Waals surface area contributed by atoms with Gasteiger partial charge in [0.05, 0.1) is 5.57 Å². The third-order valence-electron chi connectivity index (χ3n) is 1.66. The largest absolute Gasteiger partial charge is 0.507 e. The topological polar surface area (TPSA) is 63.6 Å². The molecule has 0 aromatic carbocycles. The Morgan fingerprint density at radius 3 is 2.36 bits per heavy atom. The molecule has 1 rings (SSSR count). The average molecular weight is 156 g/mol. The molecule has 0 radical (unpaired) electrons. The van der Waals surface area contributed by atoms with Crippen LogP contribution in [0.25, 0.3) is 0 Å². The van der Waals surface area contributed by atoms with Crippen LogP contribution in [0.4, 0.5) is 0 Å². The first-order chi connectivity index (χ1) is 5.01. The van der Waals surface area contributed by atoms with Crippen molar-refractivity contribution < 1.29 is 19.4 Å². The number of hydrogen-bond donors (Lipinski definition) is 1. The number of hydrogen-bond acceptors (Lipinski definition) is 4. The highest BCUT2D eigenvalue weighted by molar-refractivity contribution is 5.95. The highest BCUT2D eigenvalue weighted by Gasteiger charge is 2.42. The summed E-state index contributed by atoms with van der Waals surface area (Å²) in [5, 5.41) is 9.19. The highest BCUT2D eigenvalue weighted by Crippen LogP contribution is 2.28. The van der Waals surface area contributed by atoms with E-state index in [0.29, 0.717) is 6.29 Å². The molecule has 4 nitrogen and oxygen atoms in total. The van der Waals surface area contributed by atoms with E-state index in [2.05, 4.69) is 4.74 Å². The molecule has 0 unspecified atom stereocenters. The van der Waals surface area contributed by atoms with E-state index >= 15 is 0 Å². The molecule has 1 heterocycles. The molecular weight excluding hydrogens is 148 g/mol. The summed E-state index contributed by atoms with van der Waals surface area (Å²) in [6, 6.07) is 0. The van der Waals surface area contributed by atoms with Crippen molar-refractivity contribution in [2.75, 3.05) is 0 Å². The third kappa shape index (κ3) is 0.906. The van der Waals surface area contributed by atoms with Crippen molar-refractivity contribution in [3.8, 4) is 0 Å². The minimum Gasteiger partial charge on any atom is -0.507 e. The molecule has 0 fully saturated rings. The number of esters is 1. The fraction of sp³-hybridized carbons (Fsp3) is 0.429. The Balaban J connectivity index is 3.12. The Bertz CT molecular complexity index is 253. The third-order valence-corrected chi connectivity index (χ3v) is 1.66. The van der Waals surface area contributed by atoms with Crippen LogP contribution in [0.5, 0.6) is 0 Å². The van der Waals surface area contributed by atoms with Crippen molar-refractivity contribution in [2.45, 2.75) is 19.4 Å². The lowest BCUT2D eigenvalue weighted by molar-refractivity contribution is -0.150. The van der Waals surface area contributed by atoms with Crippen LogP contribution >= 0.6 is 0 Å². The van der Waals surface area contributed by atoms with E-state index in [1.54, 1.807) is 0 Å². The Morgan fingerprint density at radius 1 is 1.64 bits per heavy atom. The molecule has 11 heavy (non-hydrogen) atoms. The second kappa shape index (κ2) is 2.08. The minimum atomic E-state index is -1.46. The summed E-state index contributed by atoms with van der Waals surface area (Å²) in [6.07, 6.45) is 0.400. The fourth-order valence-electron chi connectivity index (χ4n) is 0.866. The van der Waals surface area contributed by atoms with E-state index < -0.39 is 11.6 Å². The second-order valence-corrected chi connectivity index (χ2v) is 2.59. The molecule has 4 heteroatoms. The lowest BCUT2D eigenvalue weighted by Gasteiger charge is -2.14. The molecule has 1 N–H and O–H groups in total. The van der Waals surface area contributed by atoms with Gasteiger partial charge in [-0.15, -0.1) is 0 Å². The summed E-state index contributed by atoms with van der Waals surface area (Å²) >= 11 is 0. The number of carbonyl (C=O) groups is 2. The maximum atomic E-state index is 10.8. The molecule has 0 aromatic heterocycles. The van der Waals surface area contributed by atoms with Crippen molar-refractivity contribution in [1.29, 1.82) is 0 Å². The normalized spacial score (nSPS) is 30.5. The molecule has 0 saturated carbocycles. The van der Waals surface area contributed by atoms with Gasteiger partial charge < -0.3 is 9.84 Å². The minimum absolute atomic E-state index is 0.0969. The van der Waals surface area contributed by atoms with Crippen LogP contribution in [0.3, 0.4) is 0 Å². The van der Waals surface area contributed by atoms with Gasteiger partial charge in [-0.1, -0.05) is 0 Å². The van der Waals surface area contributed by atoms with E-state index in [0.717, 1.165) is 0 Å². The lowest BCUT2D eigenvalue weighted by Crippen LogP contribution is -2.29. The van der Waals surface area contributed by atoms with E-state index in [4.69, 9.17) is 0 Å². The maximum absolute atomic E-state index is 10.8. The van der Waals surface area contributed by atoms with E-state index in [1.165, 1.54) is 13.8 Å². The first-order valence-electron chi connectivity index (χ1n) is 3.11. The summed E-state index contributed by atoms with van der Waals surface area (Å²) in [4.78, 5) is 21.1. The van der Waals surface area contributed by atoms with Crippen molar-refractivity contribution >= 4 is 12.3 Å². The molecule has 0 spiro atoms. The quantitative estimate of drug-likeness (QED) is 0.439. The Hall–Kier alpha value is -1.32. The van der Waals surface area contributed by atoms with Crippen LogP contribution in [0.1, 0.15) is 13.8 Å². The standard InChI is InChI=1S/C7H8O4/c1-4-5(9)7(2,3-8)11-6(4)10/h3,9H,1-2H3/t7-/m0/s1. The number of aldehydes is 1. The van der Waals surface area contributed by atoms with Crippen molar-refractivity contribution in [3.05, 3.63) is 11.3 Å². The number of ether oxygens (including phenoxy) is 1. The Labute approximate surface area is 63.5 Å². The number of aliphatic hydroxyl groups is 1. The van der Waals surface area contributed by atoms with Gasteiger partial charge in [-0.3, -0.25) is 4.79 Å². The van der Waals surface area contributed by atoms with Crippen LogP contribution in [0.2, 0.25) is 0 Å². The molecule has 1 atom stereocenters. The van der Waals surface area contributed by atoms with Gasteiger partial charge in [0.15, 0.2) is 12.0 Å². The number of cyclic esters (lactones) is 1. The average Bonchev–Trinajstić information content (AvgIpc) is 2.17. The van der Waals surface area contributed by atoms with Gasteiger partial charge in [0.2, 0.25) is 5.60 Å². The first-order valence-corrected chi connectivity index (χ1v) is 3.11. The van der Waals surface area contributed by atoms with Crippen molar-refractivity contribution in [2.24, 2.45) is 0 Å². The van der Waals surface area contributed by atoms with Crippen molar-refractivity contribution in [3.63, 3.8) is 0 Å². The Morgan fingerprint density at radius 2 is 2.18 bits per heavy atom. The summed E-state index contributed by atoms with van der Waals surface area (Å²) in [6.45, 7) is 2.75. The zero-order valence-corrected chi connectivity index (χ0v) is 6.25. The highest BCUT2D eigenvalue weighted by atomic mass is 16.6. The predicted molar refractivity (Wildman–Crippen MR) is 35.9 cm³/mol. The van der Waals surface area contributed by atoms with Crippen LogP contribution in [0, 0.1) is 0 Å².